The second kappa shape index (κ2) is 9.88. The van der Waals surface area contributed by atoms with E-state index in [0.717, 1.165) is 19.3 Å². The van der Waals surface area contributed by atoms with Crippen LogP contribution >= 0.6 is 0 Å². The highest BCUT2D eigenvalue weighted by Gasteiger charge is 2.35. The molecule has 1 unspecified atom stereocenters. The van der Waals surface area contributed by atoms with Crippen molar-refractivity contribution in [2.75, 3.05) is 11.9 Å². The summed E-state index contributed by atoms with van der Waals surface area (Å²) in [5.74, 6) is 0.272. The fourth-order valence-electron chi connectivity index (χ4n) is 3.24. The Morgan fingerprint density at radius 2 is 2.24 bits per heavy atom. The number of ether oxygens (including phenoxy) is 1. The van der Waals surface area contributed by atoms with Crippen LogP contribution in [-0.4, -0.2) is 65.7 Å². The van der Waals surface area contributed by atoms with E-state index in [-0.39, 0.29) is 12.4 Å². The van der Waals surface area contributed by atoms with Gasteiger partial charge in [-0.1, -0.05) is 19.8 Å². The summed E-state index contributed by atoms with van der Waals surface area (Å²) < 4.78 is 7.30. The Kier molecular flexibility index (Phi) is 7.26. The molecule has 0 amide bonds. The lowest BCUT2D eigenvalue weighted by molar-refractivity contribution is -0.114. The first-order valence-electron chi connectivity index (χ1n) is 9.81. The zero-order valence-electron chi connectivity index (χ0n) is 16.3. The van der Waals surface area contributed by atoms with Crippen LogP contribution in [0.2, 0.25) is 0 Å². The number of nitrogens with one attached hydrogen (secondary N) is 1. The highest BCUT2D eigenvalue weighted by molar-refractivity contribution is 5.89. The van der Waals surface area contributed by atoms with E-state index < -0.39 is 24.7 Å². The monoisotopic (exact) mass is 405 g/mol. The third-order valence-corrected chi connectivity index (χ3v) is 4.83. The summed E-state index contributed by atoms with van der Waals surface area (Å²) >= 11 is 0. The highest BCUT2D eigenvalue weighted by atomic mass is 16.5. The summed E-state index contributed by atoms with van der Waals surface area (Å²) in [6.45, 7) is 1.80. The molecule has 0 radical (unpaired) electrons. The van der Waals surface area contributed by atoms with Gasteiger partial charge in [-0.2, -0.15) is 0 Å². The van der Waals surface area contributed by atoms with E-state index in [4.69, 9.17) is 4.74 Å². The molecule has 0 bridgehead atoms. The van der Waals surface area contributed by atoms with Gasteiger partial charge in [-0.15, -0.1) is 0 Å². The molecule has 10 heteroatoms. The topological polar surface area (TPSA) is 143 Å². The Hall–Kier alpha value is -2.40. The van der Waals surface area contributed by atoms with E-state index in [9.17, 15) is 20.1 Å². The van der Waals surface area contributed by atoms with Crippen LogP contribution in [0.5, 0.6) is 0 Å². The molecule has 1 fully saturated rings. The predicted octanol–water partition coefficient (Wildman–Crippen LogP) is 0.903. The number of aliphatic hydroxyl groups excluding tert-OH is 3. The van der Waals surface area contributed by atoms with E-state index in [1.54, 1.807) is 4.57 Å². The third kappa shape index (κ3) is 5.15. The Morgan fingerprint density at radius 3 is 2.97 bits per heavy atom. The molecule has 3 heterocycles. The Balaban J connectivity index is 1.68. The smallest absolute Gasteiger partial charge is 0.167 e. The van der Waals surface area contributed by atoms with Gasteiger partial charge < -0.3 is 25.4 Å². The van der Waals surface area contributed by atoms with Crippen molar-refractivity contribution < 1.29 is 24.9 Å². The maximum Gasteiger partial charge on any atom is 0.167 e. The molecule has 0 spiro atoms. The van der Waals surface area contributed by atoms with Crippen LogP contribution in [0.3, 0.4) is 0 Å². The van der Waals surface area contributed by atoms with Crippen LogP contribution in [0.1, 0.15) is 45.3 Å². The number of rotatable bonds is 10. The first-order valence-corrected chi connectivity index (χ1v) is 9.81. The number of nitrogens with zero attached hydrogens (tertiary/aromatic N) is 4. The minimum atomic E-state index is -1.11. The molecule has 158 valence electrons. The lowest BCUT2D eigenvalue weighted by atomic mass is 10.1. The summed E-state index contributed by atoms with van der Waals surface area (Å²) in [4.78, 5) is 24.4. The lowest BCUT2D eigenvalue weighted by Gasteiger charge is -2.14. The predicted molar refractivity (Wildman–Crippen MR) is 105 cm³/mol. The number of unbranched alkanes of at least 4 members (excludes halogenated alkanes) is 2. The van der Waals surface area contributed by atoms with E-state index in [1.807, 2.05) is 0 Å². The van der Waals surface area contributed by atoms with Gasteiger partial charge in [0.25, 0.3) is 0 Å². The van der Waals surface area contributed by atoms with Crippen LogP contribution in [0.15, 0.2) is 24.8 Å². The third-order valence-electron chi connectivity index (χ3n) is 4.83. The van der Waals surface area contributed by atoms with Crippen molar-refractivity contribution in [1.82, 2.24) is 19.5 Å². The highest BCUT2D eigenvalue weighted by Crippen LogP contribution is 2.31. The van der Waals surface area contributed by atoms with E-state index in [2.05, 4.69) is 27.2 Å². The van der Waals surface area contributed by atoms with E-state index >= 15 is 0 Å². The van der Waals surface area contributed by atoms with Crippen molar-refractivity contribution in [3.8, 4) is 0 Å². The number of allylic oxidation sites excluding steroid dienone is 1. The Labute approximate surface area is 168 Å². The molecule has 10 nitrogen and oxygen atoms in total. The molecule has 1 saturated heterocycles. The van der Waals surface area contributed by atoms with Crippen molar-refractivity contribution >= 4 is 22.8 Å². The number of anilines is 1. The minimum Gasteiger partial charge on any atom is -0.394 e. The maximum absolute atomic E-state index is 11.8. The molecule has 0 aliphatic carbocycles. The fraction of sp³-hybridized carbons (Fsp3) is 0.579. The average molecular weight is 405 g/mol. The number of aliphatic hydroxyl groups is 3. The first kappa shape index (κ1) is 21.3. The molecule has 1 aliphatic heterocycles. The van der Waals surface area contributed by atoms with Gasteiger partial charge in [-0.3, -0.25) is 9.36 Å². The molecule has 2 aromatic heterocycles. The standard InChI is InChI=1S/C19H27N5O5/c1-2-3-4-5-12(26)6-7-15(28)23-18-17-19(21-10-20-18)24(11-22-17)16-8-13(27)14(9-25)29-16/h6-7,10-11,13-16,25,27-28H,2-5,8-9H2,1H3,(H,20,21,23)/b7-6+/t13-,14+,15?,16+/m0/s1. The van der Waals surface area contributed by atoms with Crippen molar-refractivity contribution in [2.24, 2.45) is 0 Å². The number of carbonyl (C=O) groups is 1. The number of imidazole rings is 1. The molecule has 1 aliphatic rings. The Bertz CT molecular complexity index is 855. The summed E-state index contributed by atoms with van der Waals surface area (Å²) in [5.41, 5.74) is 0.880. The van der Waals surface area contributed by atoms with Gasteiger partial charge in [0.05, 0.1) is 19.0 Å². The summed E-state index contributed by atoms with van der Waals surface area (Å²) in [7, 11) is 0. The van der Waals surface area contributed by atoms with Crippen LogP contribution < -0.4 is 5.32 Å². The number of fused-ring (bicyclic) bond motifs is 1. The lowest BCUT2D eigenvalue weighted by Crippen LogP contribution is -2.24. The molecule has 2 aromatic rings. The first-order chi connectivity index (χ1) is 14.0. The number of aromatic nitrogens is 4. The SMILES string of the molecule is CCCCCC(=O)/C=C/C(O)Nc1ncnc2c1ncn2[C@H]1C[C@H](O)[C@@H](CO)O1. The number of ketones is 1. The zero-order valence-corrected chi connectivity index (χ0v) is 16.3. The van der Waals surface area contributed by atoms with Crippen LogP contribution in [0, 0.1) is 0 Å². The van der Waals surface area contributed by atoms with Gasteiger partial charge in [0.2, 0.25) is 0 Å². The molecule has 0 aromatic carbocycles. The summed E-state index contributed by atoms with van der Waals surface area (Å²) in [5, 5.41) is 32.2. The molecule has 0 saturated carbocycles. The Morgan fingerprint density at radius 1 is 1.41 bits per heavy atom. The average Bonchev–Trinajstić information content (AvgIpc) is 3.30. The molecular formula is C19H27N5O5. The maximum atomic E-state index is 11.8. The van der Waals surface area contributed by atoms with Crippen LogP contribution in [-0.2, 0) is 9.53 Å². The van der Waals surface area contributed by atoms with Gasteiger partial charge in [0, 0.05) is 12.8 Å². The number of hydrogen-bond acceptors (Lipinski definition) is 9. The summed E-state index contributed by atoms with van der Waals surface area (Å²) in [6, 6.07) is 0. The van der Waals surface area contributed by atoms with Gasteiger partial charge in [-0.25, -0.2) is 15.0 Å². The minimum absolute atomic E-state index is 0.0354. The molecular weight excluding hydrogens is 378 g/mol. The van der Waals surface area contributed by atoms with Crippen molar-refractivity contribution in [1.29, 1.82) is 0 Å². The van der Waals surface area contributed by atoms with E-state index in [1.165, 1.54) is 24.8 Å². The second-order valence-electron chi connectivity index (χ2n) is 7.03. The fourth-order valence-corrected chi connectivity index (χ4v) is 3.24. The summed E-state index contributed by atoms with van der Waals surface area (Å²) in [6.07, 6.45) is 6.17. The van der Waals surface area contributed by atoms with Gasteiger partial charge in [0.15, 0.2) is 22.8 Å². The number of carbonyl (C=O) groups excluding carboxylic acids is 1. The molecule has 4 atom stereocenters. The largest absolute Gasteiger partial charge is 0.394 e. The van der Waals surface area contributed by atoms with Crippen molar-refractivity contribution in [3.63, 3.8) is 0 Å². The van der Waals surface area contributed by atoms with Gasteiger partial charge in [0.1, 0.15) is 24.9 Å². The quantitative estimate of drug-likeness (QED) is 0.257. The number of hydrogen-bond donors (Lipinski definition) is 4. The van der Waals surface area contributed by atoms with Crippen LogP contribution in [0.25, 0.3) is 11.2 Å². The molecule has 29 heavy (non-hydrogen) atoms. The van der Waals surface area contributed by atoms with Crippen molar-refractivity contribution in [2.45, 2.75) is 63.7 Å². The second-order valence-corrected chi connectivity index (χ2v) is 7.03. The van der Waals surface area contributed by atoms with Gasteiger partial charge in [-0.05, 0) is 18.6 Å². The zero-order chi connectivity index (χ0) is 20.8. The van der Waals surface area contributed by atoms with Crippen LogP contribution in [0.4, 0.5) is 5.82 Å². The van der Waals surface area contributed by atoms with E-state index in [0.29, 0.717) is 29.8 Å². The van der Waals surface area contributed by atoms with Crippen molar-refractivity contribution in [3.05, 3.63) is 24.8 Å². The molecule has 3 rings (SSSR count). The molecule has 4 N–H and O–H groups in total. The normalized spacial score (nSPS) is 23.1. The van der Waals surface area contributed by atoms with Gasteiger partial charge >= 0.3 is 0 Å².